The van der Waals surface area contributed by atoms with Crippen LogP contribution in [0.25, 0.3) is 17.4 Å². The quantitative estimate of drug-likeness (QED) is 0.326. The van der Waals surface area contributed by atoms with E-state index in [-0.39, 0.29) is 17.2 Å². The molecular formula is C22H15N3O6S. The van der Waals surface area contributed by atoms with E-state index in [9.17, 15) is 19.7 Å². The molecule has 10 heteroatoms. The van der Waals surface area contributed by atoms with Crippen molar-refractivity contribution < 1.29 is 24.0 Å². The third-order valence-electron chi connectivity index (χ3n) is 4.59. The summed E-state index contributed by atoms with van der Waals surface area (Å²) in [6.07, 6.45) is 1.57. The molecule has 0 aliphatic carbocycles. The smallest absolute Gasteiger partial charge is 0.335 e. The number of hydrogen-bond acceptors (Lipinski definition) is 7. The van der Waals surface area contributed by atoms with Crippen LogP contribution in [0.1, 0.15) is 21.7 Å². The van der Waals surface area contributed by atoms with Gasteiger partial charge in [0, 0.05) is 23.8 Å². The van der Waals surface area contributed by atoms with Gasteiger partial charge >= 0.3 is 5.97 Å². The van der Waals surface area contributed by atoms with Crippen molar-refractivity contribution in [1.82, 2.24) is 5.32 Å². The second-order valence-corrected chi connectivity index (χ2v) is 7.82. The zero-order chi connectivity index (χ0) is 22.8. The van der Waals surface area contributed by atoms with Gasteiger partial charge in [0.2, 0.25) is 0 Å². The van der Waals surface area contributed by atoms with Gasteiger partial charge in [0.15, 0.2) is 5.17 Å². The number of amides is 1. The van der Waals surface area contributed by atoms with Crippen LogP contribution in [-0.2, 0) is 4.79 Å². The number of nitro groups is 1. The molecule has 9 nitrogen and oxygen atoms in total. The molecule has 0 radical (unpaired) electrons. The van der Waals surface area contributed by atoms with Crippen LogP contribution >= 0.6 is 11.8 Å². The highest BCUT2D eigenvalue weighted by atomic mass is 32.2. The molecule has 32 heavy (non-hydrogen) atoms. The number of benzene rings is 2. The number of furan rings is 1. The minimum Gasteiger partial charge on any atom is -0.478 e. The number of rotatable bonds is 5. The molecule has 0 saturated carbocycles. The van der Waals surface area contributed by atoms with Crippen LogP contribution in [-0.4, -0.2) is 27.1 Å². The number of carbonyl (C=O) groups excluding carboxylic acids is 1. The molecule has 0 bridgehead atoms. The number of thioether (sulfide) groups is 1. The fourth-order valence-electron chi connectivity index (χ4n) is 2.91. The van der Waals surface area contributed by atoms with Gasteiger partial charge in [-0.1, -0.05) is 6.07 Å². The molecule has 1 fully saturated rings. The number of aromatic carboxylic acids is 1. The largest absolute Gasteiger partial charge is 0.478 e. The number of amidine groups is 1. The summed E-state index contributed by atoms with van der Waals surface area (Å²) >= 11 is 1.11. The molecule has 2 heterocycles. The van der Waals surface area contributed by atoms with Crippen LogP contribution in [0, 0.1) is 17.0 Å². The van der Waals surface area contributed by atoms with Crippen molar-refractivity contribution in [2.45, 2.75) is 6.92 Å². The van der Waals surface area contributed by atoms with E-state index in [2.05, 4.69) is 10.3 Å². The van der Waals surface area contributed by atoms with E-state index in [0.29, 0.717) is 32.8 Å². The van der Waals surface area contributed by atoms with E-state index in [1.54, 1.807) is 43.3 Å². The Morgan fingerprint density at radius 1 is 1.19 bits per heavy atom. The van der Waals surface area contributed by atoms with E-state index in [0.717, 1.165) is 17.3 Å². The molecule has 2 N–H and O–H groups in total. The fraction of sp³-hybridized carbons (Fsp3) is 0.0455. The van der Waals surface area contributed by atoms with Gasteiger partial charge in [-0.15, -0.1) is 0 Å². The molecule has 3 aromatic rings. The predicted octanol–water partition coefficient (Wildman–Crippen LogP) is 4.75. The number of carboxylic acid groups (broad SMARTS) is 1. The summed E-state index contributed by atoms with van der Waals surface area (Å²) in [5.41, 5.74) is 1.98. The van der Waals surface area contributed by atoms with Crippen LogP contribution in [0.5, 0.6) is 0 Å². The summed E-state index contributed by atoms with van der Waals surface area (Å²) in [7, 11) is 0. The number of non-ortho nitro benzene ring substituents is 1. The first-order chi connectivity index (χ1) is 15.3. The third-order valence-corrected chi connectivity index (χ3v) is 5.50. The van der Waals surface area contributed by atoms with Gasteiger partial charge in [-0.3, -0.25) is 14.9 Å². The Balaban J connectivity index is 1.54. The molecule has 160 valence electrons. The lowest BCUT2D eigenvalue weighted by Gasteiger charge is -2.03. The Kier molecular flexibility index (Phi) is 5.61. The normalized spacial score (nSPS) is 15.8. The van der Waals surface area contributed by atoms with Gasteiger partial charge in [0.05, 0.1) is 21.1 Å². The van der Waals surface area contributed by atoms with Gasteiger partial charge in [0.1, 0.15) is 11.5 Å². The number of nitrogens with zero attached hydrogens (tertiary/aromatic N) is 2. The van der Waals surface area contributed by atoms with E-state index in [1.807, 2.05) is 0 Å². The summed E-state index contributed by atoms with van der Waals surface area (Å²) in [6.45, 7) is 1.80. The standard InChI is InChI=1S/C22H15N3O6S/c1-12-2-3-14(21(27)28)10-17(12)23-22-24-20(26)19(32-22)11-16-8-9-18(31-16)13-4-6-15(7-5-13)25(29)30/h2-11H,1H3,(H,27,28)(H,23,24,26)/b19-11+. The molecule has 0 atom stereocenters. The molecular weight excluding hydrogens is 434 g/mol. The third kappa shape index (κ3) is 4.44. The fourth-order valence-corrected chi connectivity index (χ4v) is 3.73. The van der Waals surface area contributed by atoms with Crippen LogP contribution in [0.3, 0.4) is 0 Å². The van der Waals surface area contributed by atoms with Gasteiger partial charge in [-0.25, -0.2) is 9.79 Å². The predicted molar refractivity (Wildman–Crippen MR) is 120 cm³/mol. The Labute approximate surface area is 185 Å². The van der Waals surface area contributed by atoms with Crippen molar-refractivity contribution in [3.05, 3.63) is 86.5 Å². The first kappa shape index (κ1) is 21.1. The Bertz CT molecular complexity index is 1310. The maximum Gasteiger partial charge on any atom is 0.335 e. The molecule has 1 aliphatic heterocycles. The highest BCUT2D eigenvalue weighted by molar-refractivity contribution is 8.18. The zero-order valence-corrected chi connectivity index (χ0v) is 17.4. The molecule has 0 unspecified atom stereocenters. The highest BCUT2D eigenvalue weighted by Gasteiger charge is 2.24. The first-order valence-corrected chi connectivity index (χ1v) is 10.1. The Hall–Kier alpha value is -4.18. The highest BCUT2D eigenvalue weighted by Crippen LogP contribution is 2.31. The van der Waals surface area contributed by atoms with Crippen molar-refractivity contribution in [3.63, 3.8) is 0 Å². The van der Waals surface area contributed by atoms with Crippen molar-refractivity contribution in [3.8, 4) is 11.3 Å². The maximum atomic E-state index is 12.3. The monoisotopic (exact) mass is 449 g/mol. The minimum absolute atomic E-state index is 0.0161. The number of hydrogen-bond donors (Lipinski definition) is 2. The van der Waals surface area contributed by atoms with Gasteiger partial charge in [-0.2, -0.15) is 0 Å². The zero-order valence-electron chi connectivity index (χ0n) is 16.6. The van der Waals surface area contributed by atoms with E-state index in [1.165, 1.54) is 24.3 Å². The Morgan fingerprint density at radius 3 is 2.62 bits per heavy atom. The summed E-state index contributed by atoms with van der Waals surface area (Å²) in [6, 6.07) is 13.9. The molecule has 1 aliphatic rings. The van der Waals surface area contributed by atoms with Crippen molar-refractivity contribution in [2.75, 3.05) is 0 Å². The molecule has 0 spiro atoms. The average molecular weight is 449 g/mol. The van der Waals surface area contributed by atoms with Gasteiger partial charge in [0.25, 0.3) is 11.6 Å². The lowest BCUT2D eigenvalue weighted by atomic mass is 10.1. The summed E-state index contributed by atoms with van der Waals surface area (Å²) < 4.78 is 5.75. The number of carbonyl (C=O) groups is 2. The number of nitro benzene ring substituents is 1. The van der Waals surface area contributed by atoms with Crippen LogP contribution in [0.4, 0.5) is 11.4 Å². The average Bonchev–Trinajstić information content (AvgIpc) is 3.36. The van der Waals surface area contributed by atoms with Crippen molar-refractivity contribution in [1.29, 1.82) is 0 Å². The lowest BCUT2D eigenvalue weighted by Crippen LogP contribution is -2.19. The number of carboxylic acids is 1. The van der Waals surface area contributed by atoms with Crippen LogP contribution < -0.4 is 5.32 Å². The molecule has 1 aromatic heterocycles. The minimum atomic E-state index is -1.06. The lowest BCUT2D eigenvalue weighted by molar-refractivity contribution is -0.384. The van der Waals surface area contributed by atoms with Gasteiger partial charge < -0.3 is 14.8 Å². The molecule has 1 amide bonds. The molecule has 4 rings (SSSR count). The van der Waals surface area contributed by atoms with E-state index in [4.69, 9.17) is 9.52 Å². The second-order valence-electron chi connectivity index (χ2n) is 6.79. The number of aliphatic imine (C=N–C) groups is 1. The first-order valence-electron chi connectivity index (χ1n) is 9.28. The molecule has 2 aromatic carbocycles. The number of nitrogens with one attached hydrogen (secondary N) is 1. The summed E-state index contributed by atoms with van der Waals surface area (Å²) in [5.74, 6) is -0.475. The second kappa shape index (κ2) is 8.52. The summed E-state index contributed by atoms with van der Waals surface area (Å²) in [4.78, 5) is 38.6. The van der Waals surface area contributed by atoms with Crippen molar-refractivity contribution in [2.24, 2.45) is 4.99 Å². The van der Waals surface area contributed by atoms with E-state index >= 15 is 0 Å². The van der Waals surface area contributed by atoms with E-state index < -0.39 is 10.9 Å². The van der Waals surface area contributed by atoms with Crippen molar-refractivity contribution >= 4 is 46.3 Å². The van der Waals surface area contributed by atoms with Crippen LogP contribution in [0.2, 0.25) is 0 Å². The molecule has 1 saturated heterocycles. The SMILES string of the molecule is Cc1ccc(C(=O)O)cc1N=C1NC(=O)/C(=C\c2ccc(-c3ccc([N+](=O)[O-])cc3)o2)S1. The van der Waals surface area contributed by atoms with Crippen LogP contribution in [0.15, 0.2) is 68.9 Å². The number of aryl methyl sites for hydroxylation is 1. The Morgan fingerprint density at radius 2 is 1.94 bits per heavy atom. The summed E-state index contributed by atoms with van der Waals surface area (Å²) in [5, 5.41) is 22.9. The maximum absolute atomic E-state index is 12.3. The van der Waals surface area contributed by atoms with Gasteiger partial charge in [-0.05, 0) is 60.6 Å². The topological polar surface area (TPSA) is 135 Å².